The minimum atomic E-state index is -4.91. The Morgan fingerprint density at radius 1 is 0.567 bits per heavy atom. The number of rotatable bonds is 21. The number of nitrogens with two attached hydrogens (primary N) is 2. The van der Waals surface area contributed by atoms with E-state index in [4.69, 9.17) is 11.5 Å². The molecule has 2 aromatic heterocycles. The van der Waals surface area contributed by atoms with Gasteiger partial charge in [0, 0.05) is 26.5 Å². The lowest BCUT2D eigenvalue weighted by Gasteiger charge is -2.43. The van der Waals surface area contributed by atoms with Crippen LogP contribution in [0.3, 0.4) is 0 Å². The second-order valence-corrected chi connectivity index (χ2v) is 19.3. The van der Waals surface area contributed by atoms with Gasteiger partial charge in [0.2, 0.25) is 0 Å². The highest BCUT2D eigenvalue weighted by Gasteiger charge is 2.50. The molecule has 0 aliphatic rings. The highest BCUT2D eigenvalue weighted by Crippen LogP contribution is 2.29. The van der Waals surface area contributed by atoms with Gasteiger partial charge in [-0.05, 0) is 60.1 Å². The summed E-state index contributed by atoms with van der Waals surface area (Å²) in [5.74, 6) is -3.32. The summed E-state index contributed by atoms with van der Waals surface area (Å²) in [5.41, 5.74) is 14.4. The number of amides is 2. The van der Waals surface area contributed by atoms with Crippen molar-refractivity contribution in [3.63, 3.8) is 0 Å². The van der Waals surface area contributed by atoms with Crippen molar-refractivity contribution in [1.29, 1.82) is 0 Å². The van der Waals surface area contributed by atoms with Crippen LogP contribution in [0, 0.1) is 11.8 Å². The van der Waals surface area contributed by atoms with Crippen LogP contribution in [-0.2, 0) is 55.9 Å². The smallest absolute Gasteiger partial charge is 0.306 e. The number of carbonyl (C=O) groups is 2. The van der Waals surface area contributed by atoms with Crippen LogP contribution in [0.4, 0.5) is 0 Å². The molecule has 60 heavy (non-hydrogen) atoms. The standard InChI is InChI=1S/C42H58N8O8S2/c1-29(2)37(43)41(53)49(59(55,56)47(5)27-33-21-13-15-23-45-33)35(25-31-17-9-7-10-18-31)39(51)40(52)36(26-32-19-11-8-12-20-32)50(42(54)38(44)30(3)4)60(57,58)48(6)28-34-22-14-16-24-46-34/h7-24,29-30,35-40,51-52H,25-28,43-44H2,1-6H3/t35-,36-,37-,38-,39-,40-/m0/s1. The van der Waals surface area contributed by atoms with Crippen LogP contribution in [0.25, 0.3) is 0 Å². The van der Waals surface area contributed by atoms with Gasteiger partial charge in [-0.1, -0.05) is 100 Å². The third kappa shape index (κ3) is 11.8. The van der Waals surface area contributed by atoms with Crippen molar-refractivity contribution in [2.75, 3.05) is 14.1 Å². The van der Waals surface area contributed by atoms with Gasteiger partial charge in [0.05, 0.1) is 48.6 Å². The summed E-state index contributed by atoms with van der Waals surface area (Å²) in [6.45, 7) is 5.96. The fourth-order valence-corrected chi connectivity index (χ4v) is 9.49. The first-order valence-corrected chi connectivity index (χ1v) is 22.4. The lowest BCUT2D eigenvalue weighted by atomic mass is 9.90. The number of pyridine rings is 2. The molecule has 0 saturated carbocycles. The first-order valence-electron chi connectivity index (χ1n) is 19.6. The topological polar surface area (TPSA) is 234 Å². The number of aromatic nitrogens is 2. The van der Waals surface area contributed by atoms with Crippen molar-refractivity contribution in [2.45, 2.75) is 90.0 Å². The predicted octanol–water partition coefficient (Wildman–Crippen LogP) is 2.10. The third-order valence-corrected chi connectivity index (χ3v) is 14.0. The van der Waals surface area contributed by atoms with Gasteiger partial charge in [-0.25, -0.2) is 8.61 Å². The number of hydrogen-bond acceptors (Lipinski definition) is 12. The van der Waals surface area contributed by atoms with Crippen molar-refractivity contribution >= 4 is 32.2 Å². The number of hydrogen-bond donors (Lipinski definition) is 4. The maximum absolute atomic E-state index is 14.8. The summed E-state index contributed by atoms with van der Waals surface area (Å²) >= 11 is 0. The number of nitrogens with zero attached hydrogens (tertiary/aromatic N) is 6. The number of carbonyl (C=O) groups excluding carboxylic acids is 2. The summed E-state index contributed by atoms with van der Waals surface area (Å²) in [7, 11) is -7.33. The van der Waals surface area contributed by atoms with Gasteiger partial charge in [-0.2, -0.15) is 25.4 Å². The van der Waals surface area contributed by atoms with E-state index < -0.39 is 80.4 Å². The first kappa shape index (κ1) is 48.0. The largest absolute Gasteiger partial charge is 0.388 e. The molecular weight excluding hydrogens is 809 g/mol. The van der Waals surface area contributed by atoms with E-state index in [1.165, 1.54) is 26.5 Å². The summed E-state index contributed by atoms with van der Waals surface area (Å²) in [5, 5.41) is 25.2. The molecule has 0 spiro atoms. The highest BCUT2D eigenvalue weighted by molar-refractivity contribution is 7.87. The minimum Gasteiger partial charge on any atom is -0.388 e. The van der Waals surface area contributed by atoms with E-state index in [0.717, 1.165) is 8.61 Å². The van der Waals surface area contributed by atoms with Gasteiger partial charge in [0.25, 0.3) is 11.8 Å². The van der Waals surface area contributed by atoms with Crippen molar-refractivity contribution in [3.05, 3.63) is 132 Å². The van der Waals surface area contributed by atoms with E-state index in [-0.39, 0.29) is 25.9 Å². The molecule has 16 nitrogen and oxygen atoms in total. The Hall–Kier alpha value is -4.66. The molecule has 0 aliphatic carbocycles. The van der Waals surface area contributed by atoms with Crippen LogP contribution in [0.1, 0.15) is 50.2 Å². The zero-order valence-corrected chi connectivity index (χ0v) is 36.5. The molecule has 0 unspecified atom stereocenters. The van der Waals surface area contributed by atoms with E-state index in [0.29, 0.717) is 31.1 Å². The second-order valence-electron chi connectivity index (χ2n) is 15.5. The monoisotopic (exact) mass is 866 g/mol. The molecule has 4 rings (SSSR count). The van der Waals surface area contributed by atoms with Crippen molar-refractivity contribution in [2.24, 2.45) is 23.3 Å². The Morgan fingerprint density at radius 3 is 1.17 bits per heavy atom. The van der Waals surface area contributed by atoms with Gasteiger partial charge < -0.3 is 21.7 Å². The molecule has 2 aromatic carbocycles. The average Bonchev–Trinajstić information content (AvgIpc) is 3.23. The fraction of sp³-hybridized carbons (Fsp3) is 0.429. The van der Waals surface area contributed by atoms with E-state index in [1.807, 2.05) is 0 Å². The number of aliphatic hydroxyl groups is 2. The summed E-state index contributed by atoms with van der Waals surface area (Å²) in [4.78, 5) is 37.5. The molecule has 6 atom stereocenters. The maximum atomic E-state index is 14.8. The molecule has 0 aliphatic heterocycles. The molecule has 0 fully saturated rings. The Balaban J connectivity index is 1.96. The molecule has 6 N–H and O–H groups in total. The summed E-state index contributed by atoms with van der Waals surface area (Å²) in [6.07, 6.45) is -2.20. The molecule has 326 valence electrons. The number of aliphatic hydroxyl groups excluding tert-OH is 2. The Kier molecular flexibility index (Phi) is 17.0. The molecule has 4 aromatic rings. The molecule has 0 bridgehead atoms. The van der Waals surface area contributed by atoms with E-state index in [9.17, 15) is 36.6 Å². The zero-order chi connectivity index (χ0) is 44.4. The quantitative estimate of drug-likeness (QED) is 0.0944. The predicted molar refractivity (Wildman–Crippen MR) is 228 cm³/mol. The van der Waals surface area contributed by atoms with Gasteiger partial charge in [0.15, 0.2) is 0 Å². The summed E-state index contributed by atoms with van der Waals surface area (Å²) in [6, 6.07) is 20.2. The Bertz CT molecular complexity index is 2030. The van der Waals surface area contributed by atoms with E-state index >= 15 is 0 Å². The summed E-state index contributed by atoms with van der Waals surface area (Å²) < 4.78 is 62.0. The lowest BCUT2D eigenvalue weighted by Crippen LogP contribution is -2.65. The highest BCUT2D eigenvalue weighted by atomic mass is 32.2. The molecule has 0 radical (unpaired) electrons. The third-order valence-electron chi connectivity index (χ3n) is 10.3. The molecule has 2 heterocycles. The Labute approximate surface area is 354 Å². The van der Waals surface area contributed by atoms with Crippen molar-refractivity contribution in [1.82, 2.24) is 27.2 Å². The van der Waals surface area contributed by atoms with Gasteiger partial charge in [-0.15, -0.1) is 0 Å². The van der Waals surface area contributed by atoms with Crippen LogP contribution in [-0.4, -0.2) is 117 Å². The molecule has 2 amide bonds. The zero-order valence-electron chi connectivity index (χ0n) is 34.8. The van der Waals surface area contributed by atoms with Gasteiger partial charge in [-0.3, -0.25) is 19.6 Å². The van der Waals surface area contributed by atoms with Crippen molar-refractivity contribution < 1.29 is 36.6 Å². The molecule has 0 saturated heterocycles. The van der Waals surface area contributed by atoms with Gasteiger partial charge >= 0.3 is 20.4 Å². The van der Waals surface area contributed by atoms with E-state index in [1.54, 1.807) is 125 Å². The minimum absolute atomic E-state index is 0.284. The molecule has 18 heteroatoms. The maximum Gasteiger partial charge on any atom is 0.306 e. The SMILES string of the molecule is CC(C)[C@H](N)C(=O)N([C@@H](Cc1ccccc1)[C@H](O)[C@@H](O)[C@H](Cc1ccccc1)N(C(=O)[C@@H](N)C(C)C)S(=O)(=O)N(C)Cc1ccccn1)S(=O)(=O)N(C)Cc1ccccn1. The Morgan fingerprint density at radius 2 is 0.883 bits per heavy atom. The lowest BCUT2D eigenvalue weighted by molar-refractivity contribution is -0.139. The van der Waals surface area contributed by atoms with Gasteiger partial charge in [0.1, 0.15) is 12.2 Å². The van der Waals surface area contributed by atoms with Crippen LogP contribution < -0.4 is 11.5 Å². The first-order chi connectivity index (χ1) is 28.3. The normalized spacial score (nSPS) is 15.4. The molecular formula is C42H58N8O8S2. The second kappa shape index (κ2) is 21.2. The van der Waals surface area contributed by atoms with Crippen molar-refractivity contribution in [3.8, 4) is 0 Å². The van der Waals surface area contributed by atoms with E-state index in [2.05, 4.69) is 9.97 Å². The van der Waals surface area contributed by atoms with Crippen LogP contribution in [0.2, 0.25) is 0 Å². The van der Waals surface area contributed by atoms with Crippen LogP contribution >= 0.6 is 0 Å². The van der Waals surface area contributed by atoms with Crippen LogP contribution in [0.15, 0.2) is 109 Å². The van der Waals surface area contributed by atoms with Crippen LogP contribution in [0.5, 0.6) is 0 Å². The average molecular weight is 867 g/mol. The number of benzene rings is 2. The fourth-order valence-electron chi connectivity index (χ4n) is 6.51.